The molecule has 0 aliphatic rings. The number of benzene rings is 2. The van der Waals surface area contributed by atoms with Crippen LogP contribution in [-0.2, 0) is 39.9 Å². The molecular weight excluding hydrogens is 446 g/mol. The van der Waals surface area contributed by atoms with Crippen molar-refractivity contribution in [2.45, 2.75) is 51.2 Å². The first-order valence-electron chi connectivity index (χ1n) is 11.4. The summed E-state index contributed by atoms with van der Waals surface area (Å²) in [5.74, 6) is 0.0355. The number of hydrogen-bond donors (Lipinski definition) is 0. The molecule has 0 unspecified atom stereocenters. The number of nitrogens with zero attached hydrogens (tertiary/aromatic N) is 3. The third-order valence-electron chi connectivity index (χ3n) is 5.42. The first kappa shape index (κ1) is 25.4. The SMILES string of the molecule is C=CCN(Cc1cnc(S(=O)(=O)Cc2cccc(C)c2)n1CC(C)C)C(=O)Cc1ccccc1. The van der Waals surface area contributed by atoms with Gasteiger partial charge >= 0.3 is 0 Å². The first-order valence-corrected chi connectivity index (χ1v) is 13.1. The minimum Gasteiger partial charge on any atom is -0.333 e. The van der Waals surface area contributed by atoms with Crippen molar-refractivity contribution in [1.29, 1.82) is 0 Å². The Balaban J connectivity index is 1.89. The molecule has 6 nitrogen and oxygen atoms in total. The van der Waals surface area contributed by atoms with E-state index in [-0.39, 0.29) is 35.7 Å². The zero-order valence-corrected chi connectivity index (χ0v) is 21.0. The number of aryl methyl sites for hydroxylation is 1. The average Bonchev–Trinajstić information content (AvgIpc) is 3.16. The lowest BCUT2D eigenvalue weighted by Gasteiger charge is -2.23. The zero-order chi connectivity index (χ0) is 24.7. The van der Waals surface area contributed by atoms with E-state index in [0.717, 1.165) is 16.7 Å². The molecule has 1 amide bonds. The Labute approximate surface area is 202 Å². The lowest BCUT2D eigenvalue weighted by atomic mass is 10.1. The molecule has 1 heterocycles. The van der Waals surface area contributed by atoms with Crippen molar-refractivity contribution < 1.29 is 13.2 Å². The van der Waals surface area contributed by atoms with E-state index in [9.17, 15) is 13.2 Å². The Hall–Kier alpha value is -3.19. The number of amides is 1. The second kappa shape index (κ2) is 11.3. The molecule has 0 spiro atoms. The van der Waals surface area contributed by atoms with Gasteiger partial charge in [0.25, 0.3) is 0 Å². The van der Waals surface area contributed by atoms with Crippen molar-refractivity contribution in [3.05, 3.63) is 95.8 Å². The fourth-order valence-corrected chi connectivity index (χ4v) is 5.39. The van der Waals surface area contributed by atoms with E-state index in [1.807, 2.05) is 75.4 Å². The predicted molar refractivity (Wildman–Crippen MR) is 135 cm³/mol. The van der Waals surface area contributed by atoms with Gasteiger partial charge in [-0.05, 0) is 24.0 Å². The highest BCUT2D eigenvalue weighted by Gasteiger charge is 2.26. The normalized spacial score (nSPS) is 11.5. The molecule has 0 fully saturated rings. The molecule has 3 aromatic rings. The van der Waals surface area contributed by atoms with Gasteiger partial charge in [-0.25, -0.2) is 13.4 Å². The summed E-state index contributed by atoms with van der Waals surface area (Å²) in [6.07, 6.45) is 3.53. The standard InChI is InChI=1S/C27H33N3O3S/c1-5-14-29(26(31)16-23-11-7-6-8-12-23)19-25-17-28-27(30(25)18-21(2)3)34(32,33)20-24-13-9-10-22(4)15-24/h5-13,15,17,21H,1,14,16,18-20H2,2-4H3. The zero-order valence-electron chi connectivity index (χ0n) is 20.1. The van der Waals surface area contributed by atoms with Gasteiger partial charge in [0.2, 0.25) is 20.9 Å². The number of aromatic nitrogens is 2. The molecule has 0 N–H and O–H groups in total. The van der Waals surface area contributed by atoms with Crippen molar-refractivity contribution >= 4 is 15.7 Å². The number of hydrogen-bond acceptors (Lipinski definition) is 4. The monoisotopic (exact) mass is 479 g/mol. The minimum atomic E-state index is -3.67. The van der Waals surface area contributed by atoms with E-state index >= 15 is 0 Å². The predicted octanol–water partition coefficient (Wildman–Crippen LogP) is 4.58. The summed E-state index contributed by atoms with van der Waals surface area (Å²) in [6.45, 7) is 10.9. The van der Waals surface area contributed by atoms with Crippen LogP contribution in [0.15, 0.2) is 78.6 Å². The van der Waals surface area contributed by atoms with Gasteiger partial charge < -0.3 is 9.47 Å². The van der Waals surface area contributed by atoms with Gasteiger partial charge in [-0.1, -0.05) is 80.1 Å². The smallest absolute Gasteiger partial charge is 0.228 e. The van der Waals surface area contributed by atoms with Crippen LogP contribution in [-0.4, -0.2) is 35.3 Å². The van der Waals surface area contributed by atoms with E-state index in [1.165, 1.54) is 0 Å². The number of carbonyl (C=O) groups is 1. The molecule has 0 aliphatic carbocycles. The maximum absolute atomic E-state index is 13.3. The molecule has 0 radical (unpaired) electrons. The number of rotatable bonds is 11. The molecule has 180 valence electrons. The molecule has 34 heavy (non-hydrogen) atoms. The molecule has 0 atom stereocenters. The van der Waals surface area contributed by atoms with Crippen molar-refractivity contribution in [3.63, 3.8) is 0 Å². The Morgan fingerprint density at radius 1 is 1.12 bits per heavy atom. The van der Waals surface area contributed by atoms with Crippen LogP contribution in [0.3, 0.4) is 0 Å². The maximum atomic E-state index is 13.3. The first-order chi connectivity index (χ1) is 16.2. The van der Waals surface area contributed by atoms with E-state index in [1.54, 1.807) is 21.7 Å². The number of sulfone groups is 1. The summed E-state index contributed by atoms with van der Waals surface area (Å²) in [4.78, 5) is 19.1. The van der Waals surface area contributed by atoms with E-state index in [0.29, 0.717) is 18.8 Å². The fraction of sp³-hybridized carbons (Fsp3) is 0.333. The third-order valence-corrected chi connectivity index (χ3v) is 7.02. The summed E-state index contributed by atoms with van der Waals surface area (Å²) >= 11 is 0. The molecule has 0 bridgehead atoms. The van der Waals surface area contributed by atoms with Crippen LogP contribution in [0.1, 0.15) is 36.2 Å². The van der Waals surface area contributed by atoms with Gasteiger partial charge in [0, 0.05) is 13.1 Å². The van der Waals surface area contributed by atoms with Crippen LogP contribution in [0, 0.1) is 12.8 Å². The van der Waals surface area contributed by atoms with Crippen LogP contribution < -0.4 is 0 Å². The summed E-state index contributed by atoms with van der Waals surface area (Å²) in [6, 6.07) is 17.1. The maximum Gasteiger partial charge on any atom is 0.228 e. The number of imidazole rings is 1. The van der Waals surface area contributed by atoms with Crippen LogP contribution in [0.25, 0.3) is 0 Å². The molecule has 7 heteroatoms. The fourth-order valence-electron chi connectivity index (χ4n) is 3.90. The lowest BCUT2D eigenvalue weighted by molar-refractivity contribution is -0.130. The van der Waals surface area contributed by atoms with Crippen molar-refractivity contribution in [1.82, 2.24) is 14.5 Å². The van der Waals surface area contributed by atoms with Crippen LogP contribution in [0.5, 0.6) is 0 Å². The topological polar surface area (TPSA) is 72.3 Å². The quantitative estimate of drug-likeness (QED) is 0.378. The van der Waals surface area contributed by atoms with Crippen molar-refractivity contribution in [2.75, 3.05) is 6.54 Å². The summed E-state index contributed by atoms with van der Waals surface area (Å²) < 4.78 is 28.4. The van der Waals surface area contributed by atoms with E-state index < -0.39 is 9.84 Å². The van der Waals surface area contributed by atoms with Crippen LogP contribution in [0.4, 0.5) is 0 Å². The summed E-state index contributed by atoms with van der Waals surface area (Å²) in [5.41, 5.74) is 3.36. The number of carbonyl (C=O) groups excluding carboxylic acids is 1. The Morgan fingerprint density at radius 2 is 1.82 bits per heavy atom. The van der Waals surface area contributed by atoms with Gasteiger partial charge in [-0.15, -0.1) is 6.58 Å². The summed E-state index contributed by atoms with van der Waals surface area (Å²) in [5, 5.41) is 0.0479. The lowest BCUT2D eigenvalue weighted by Crippen LogP contribution is -2.33. The highest BCUT2D eigenvalue weighted by molar-refractivity contribution is 7.90. The molecule has 0 aliphatic heterocycles. The second-order valence-corrected chi connectivity index (χ2v) is 10.9. The molecule has 0 saturated carbocycles. The molecule has 3 rings (SSSR count). The van der Waals surface area contributed by atoms with Gasteiger partial charge in [0.15, 0.2) is 0 Å². The van der Waals surface area contributed by atoms with Gasteiger partial charge in [0.1, 0.15) is 0 Å². The Morgan fingerprint density at radius 3 is 2.47 bits per heavy atom. The Bertz CT molecular complexity index is 1230. The average molecular weight is 480 g/mol. The molecule has 0 saturated heterocycles. The van der Waals surface area contributed by atoms with Crippen molar-refractivity contribution in [2.24, 2.45) is 5.92 Å². The largest absolute Gasteiger partial charge is 0.333 e. The van der Waals surface area contributed by atoms with Crippen LogP contribution in [0.2, 0.25) is 0 Å². The highest BCUT2D eigenvalue weighted by atomic mass is 32.2. The Kier molecular flexibility index (Phi) is 8.45. The van der Waals surface area contributed by atoms with Crippen molar-refractivity contribution in [3.8, 4) is 0 Å². The molecule has 1 aromatic heterocycles. The third kappa shape index (κ3) is 6.67. The summed E-state index contributed by atoms with van der Waals surface area (Å²) in [7, 11) is -3.67. The van der Waals surface area contributed by atoms with Crippen LogP contribution >= 0.6 is 0 Å². The van der Waals surface area contributed by atoms with E-state index in [4.69, 9.17) is 0 Å². The van der Waals surface area contributed by atoms with Gasteiger partial charge in [0.05, 0.1) is 30.6 Å². The second-order valence-electron chi connectivity index (χ2n) is 9.01. The molecule has 2 aromatic carbocycles. The van der Waals surface area contributed by atoms with Gasteiger partial charge in [-0.2, -0.15) is 0 Å². The van der Waals surface area contributed by atoms with Gasteiger partial charge in [-0.3, -0.25) is 4.79 Å². The van der Waals surface area contributed by atoms with E-state index in [2.05, 4.69) is 11.6 Å². The molecular formula is C27H33N3O3S. The highest BCUT2D eigenvalue weighted by Crippen LogP contribution is 2.21. The minimum absolute atomic E-state index is 0.0479.